The van der Waals surface area contributed by atoms with Crippen molar-refractivity contribution in [2.45, 2.75) is 30.5 Å². The van der Waals surface area contributed by atoms with Gasteiger partial charge in [-0.05, 0) is 11.3 Å². The van der Waals surface area contributed by atoms with E-state index in [-0.39, 0.29) is 10.4 Å². The van der Waals surface area contributed by atoms with Crippen LogP contribution >= 0.6 is 23.3 Å². The maximum Gasteiger partial charge on any atom is 0.344 e. The standard InChI is InChI=1S/C9H11N5O2S2/c1-9(2,3)7-11-5-13(12-7)18-8-10-4-6(17-8)14(15)16/h4-5H,1-3H3. The first kappa shape index (κ1) is 13.0. The van der Waals surface area contributed by atoms with E-state index in [1.165, 1.54) is 18.1 Å². The topological polar surface area (TPSA) is 86.7 Å². The molecule has 18 heavy (non-hydrogen) atoms. The molecule has 0 saturated carbocycles. The third-order valence-electron chi connectivity index (χ3n) is 1.97. The summed E-state index contributed by atoms with van der Waals surface area (Å²) in [6, 6.07) is 0. The highest BCUT2D eigenvalue weighted by Crippen LogP contribution is 2.30. The highest BCUT2D eigenvalue weighted by Gasteiger charge is 2.19. The van der Waals surface area contributed by atoms with E-state index in [0.29, 0.717) is 4.34 Å². The van der Waals surface area contributed by atoms with Crippen molar-refractivity contribution in [2.24, 2.45) is 0 Å². The molecule has 0 saturated heterocycles. The van der Waals surface area contributed by atoms with E-state index in [1.54, 1.807) is 10.4 Å². The molecule has 0 unspecified atom stereocenters. The van der Waals surface area contributed by atoms with Gasteiger partial charge in [-0.25, -0.2) is 9.97 Å². The Hall–Kier alpha value is -1.48. The molecule has 2 heterocycles. The Morgan fingerprint density at radius 3 is 2.67 bits per heavy atom. The van der Waals surface area contributed by atoms with Crippen LogP contribution in [-0.4, -0.2) is 24.1 Å². The molecular weight excluding hydrogens is 274 g/mol. The van der Waals surface area contributed by atoms with Gasteiger partial charge in [-0.15, -0.1) is 5.10 Å². The molecule has 0 aliphatic carbocycles. The molecule has 0 atom stereocenters. The number of hydrogen-bond donors (Lipinski definition) is 0. The zero-order chi connectivity index (χ0) is 13.3. The average molecular weight is 285 g/mol. The summed E-state index contributed by atoms with van der Waals surface area (Å²) in [5.74, 6) is 0.723. The third-order valence-corrected chi connectivity index (χ3v) is 3.81. The van der Waals surface area contributed by atoms with Crippen LogP contribution in [0.4, 0.5) is 5.00 Å². The first-order valence-corrected chi connectivity index (χ1v) is 6.66. The van der Waals surface area contributed by atoms with Crippen molar-refractivity contribution < 1.29 is 4.92 Å². The average Bonchev–Trinajstić information content (AvgIpc) is 2.85. The number of nitrogens with zero attached hydrogens (tertiary/aromatic N) is 5. The second-order valence-corrected chi connectivity index (χ2v) is 6.74. The van der Waals surface area contributed by atoms with Gasteiger partial charge in [0.25, 0.3) is 0 Å². The predicted octanol–water partition coefficient (Wildman–Crippen LogP) is 2.50. The van der Waals surface area contributed by atoms with Gasteiger partial charge in [-0.3, -0.25) is 10.1 Å². The summed E-state index contributed by atoms with van der Waals surface area (Å²) in [7, 11) is 0. The minimum Gasteiger partial charge on any atom is -0.257 e. The fraction of sp³-hybridized carbons (Fsp3) is 0.444. The smallest absolute Gasteiger partial charge is 0.257 e. The van der Waals surface area contributed by atoms with Gasteiger partial charge in [0.1, 0.15) is 12.5 Å². The number of hydrogen-bond acceptors (Lipinski definition) is 7. The monoisotopic (exact) mass is 285 g/mol. The zero-order valence-electron chi connectivity index (χ0n) is 10.0. The number of rotatable bonds is 3. The second kappa shape index (κ2) is 4.65. The van der Waals surface area contributed by atoms with Gasteiger partial charge in [0.2, 0.25) is 0 Å². The van der Waals surface area contributed by atoms with Crippen molar-refractivity contribution >= 4 is 28.3 Å². The molecule has 0 spiro atoms. The van der Waals surface area contributed by atoms with Crippen LogP contribution in [0, 0.1) is 10.1 Å². The lowest BCUT2D eigenvalue weighted by molar-refractivity contribution is -0.380. The van der Waals surface area contributed by atoms with E-state index >= 15 is 0 Å². The molecule has 0 aromatic carbocycles. The van der Waals surface area contributed by atoms with Gasteiger partial charge in [-0.2, -0.15) is 4.09 Å². The lowest BCUT2D eigenvalue weighted by Gasteiger charge is -2.11. The number of thiazole rings is 1. The minimum atomic E-state index is -0.455. The summed E-state index contributed by atoms with van der Waals surface area (Å²) in [6.45, 7) is 6.06. The van der Waals surface area contributed by atoms with Crippen molar-refractivity contribution in [3.63, 3.8) is 0 Å². The third kappa shape index (κ3) is 2.85. The van der Waals surface area contributed by atoms with Crippen LogP contribution in [0.3, 0.4) is 0 Å². The molecule has 0 radical (unpaired) electrons. The fourth-order valence-corrected chi connectivity index (χ4v) is 2.66. The maximum atomic E-state index is 10.5. The van der Waals surface area contributed by atoms with Crippen LogP contribution in [0.1, 0.15) is 26.6 Å². The predicted molar refractivity (Wildman–Crippen MR) is 68.7 cm³/mol. The van der Waals surface area contributed by atoms with Gasteiger partial charge in [0, 0.05) is 17.4 Å². The largest absolute Gasteiger partial charge is 0.344 e. The van der Waals surface area contributed by atoms with E-state index in [2.05, 4.69) is 15.1 Å². The van der Waals surface area contributed by atoms with Crippen LogP contribution in [0.2, 0.25) is 0 Å². The normalized spacial score (nSPS) is 11.7. The highest BCUT2D eigenvalue weighted by atomic mass is 32.2. The Morgan fingerprint density at radius 1 is 1.44 bits per heavy atom. The molecule has 0 fully saturated rings. The SMILES string of the molecule is CC(C)(C)c1ncn(Sc2ncc([N+](=O)[O-])s2)n1. The van der Waals surface area contributed by atoms with E-state index in [9.17, 15) is 10.1 Å². The molecule has 96 valence electrons. The molecule has 0 aliphatic rings. The van der Waals surface area contributed by atoms with Crippen molar-refractivity contribution in [3.8, 4) is 0 Å². The van der Waals surface area contributed by atoms with Crippen LogP contribution in [0.5, 0.6) is 0 Å². The Balaban J connectivity index is 2.14. The Bertz CT molecular complexity index is 572. The first-order valence-electron chi connectivity index (χ1n) is 5.07. The Labute approximate surface area is 112 Å². The van der Waals surface area contributed by atoms with Gasteiger partial charge in [0.05, 0.1) is 4.92 Å². The summed E-state index contributed by atoms with van der Waals surface area (Å²) in [6.07, 6.45) is 2.83. The molecule has 7 nitrogen and oxygen atoms in total. The molecule has 0 N–H and O–H groups in total. The van der Waals surface area contributed by atoms with Crippen LogP contribution in [0.25, 0.3) is 0 Å². The van der Waals surface area contributed by atoms with Crippen molar-refractivity contribution in [1.82, 2.24) is 19.2 Å². The number of aromatic nitrogens is 4. The van der Waals surface area contributed by atoms with Gasteiger partial charge in [0.15, 0.2) is 10.2 Å². The van der Waals surface area contributed by atoms with Crippen LogP contribution in [0.15, 0.2) is 16.9 Å². The van der Waals surface area contributed by atoms with E-state index in [4.69, 9.17) is 0 Å². The lowest BCUT2D eigenvalue weighted by atomic mass is 9.96. The number of nitro groups is 1. The molecule has 0 amide bonds. The van der Waals surface area contributed by atoms with Gasteiger partial charge < -0.3 is 0 Å². The van der Waals surface area contributed by atoms with Crippen molar-refractivity contribution in [3.05, 3.63) is 28.5 Å². The fourth-order valence-electron chi connectivity index (χ4n) is 1.09. The lowest BCUT2D eigenvalue weighted by Crippen LogP contribution is -2.13. The van der Waals surface area contributed by atoms with E-state index < -0.39 is 4.92 Å². The summed E-state index contributed by atoms with van der Waals surface area (Å²) in [5.41, 5.74) is -0.124. The van der Waals surface area contributed by atoms with Crippen molar-refractivity contribution in [1.29, 1.82) is 0 Å². The van der Waals surface area contributed by atoms with Crippen LogP contribution in [-0.2, 0) is 5.41 Å². The molecule has 9 heteroatoms. The van der Waals surface area contributed by atoms with E-state index in [1.807, 2.05) is 20.8 Å². The van der Waals surface area contributed by atoms with Gasteiger partial charge >= 0.3 is 5.00 Å². The Kier molecular flexibility index (Phi) is 3.35. The summed E-state index contributed by atoms with van der Waals surface area (Å²) < 4.78 is 2.12. The summed E-state index contributed by atoms with van der Waals surface area (Å²) in [4.78, 5) is 18.2. The Morgan fingerprint density at radius 2 is 2.17 bits per heavy atom. The quantitative estimate of drug-likeness (QED) is 0.636. The molecule has 0 aliphatic heterocycles. The maximum absolute atomic E-state index is 10.5. The molecule has 2 aromatic rings. The highest BCUT2D eigenvalue weighted by molar-refractivity contribution is 7.99. The first-order chi connectivity index (χ1) is 8.36. The van der Waals surface area contributed by atoms with Crippen LogP contribution < -0.4 is 0 Å². The van der Waals surface area contributed by atoms with Gasteiger partial charge in [-0.1, -0.05) is 20.8 Å². The van der Waals surface area contributed by atoms with Crippen molar-refractivity contribution in [2.75, 3.05) is 0 Å². The minimum absolute atomic E-state index is 0.0219. The second-order valence-electron chi connectivity index (χ2n) is 4.53. The molecule has 2 rings (SSSR count). The molecule has 2 aromatic heterocycles. The van der Waals surface area contributed by atoms with E-state index in [0.717, 1.165) is 17.2 Å². The zero-order valence-corrected chi connectivity index (χ0v) is 11.7. The molecular formula is C9H11N5O2S2. The summed E-state index contributed by atoms with van der Waals surface area (Å²) in [5, 5.41) is 14.9. The molecule has 0 bridgehead atoms. The summed E-state index contributed by atoms with van der Waals surface area (Å²) >= 11 is 2.23.